The molecule has 4 heterocycles. The van der Waals surface area contributed by atoms with Gasteiger partial charge in [-0.15, -0.1) is 0 Å². The number of nitrogens with zero attached hydrogens (tertiary/aromatic N) is 5. The van der Waals surface area contributed by atoms with Crippen molar-refractivity contribution in [3.05, 3.63) is 63.8 Å². The molecule has 9 heteroatoms. The largest absolute Gasteiger partial charge is 0.482 e. The van der Waals surface area contributed by atoms with Crippen molar-refractivity contribution in [1.82, 2.24) is 24.5 Å². The molecule has 0 fully saturated rings. The first-order valence-corrected chi connectivity index (χ1v) is 11.8. The number of aryl methyl sites for hydroxylation is 3. The van der Waals surface area contributed by atoms with Gasteiger partial charge in [0, 0.05) is 59.7 Å². The highest BCUT2D eigenvalue weighted by molar-refractivity contribution is 6.32. The van der Waals surface area contributed by atoms with Crippen LogP contribution in [0.15, 0.2) is 30.6 Å². The van der Waals surface area contributed by atoms with E-state index in [9.17, 15) is 4.39 Å². The van der Waals surface area contributed by atoms with Gasteiger partial charge in [0.25, 0.3) is 0 Å². The highest BCUT2D eigenvalue weighted by atomic mass is 35.5. The van der Waals surface area contributed by atoms with Crippen LogP contribution in [0.3, 0.4) is 0 Å². The summed E-state index contributed by atoms with van der Waals surface area (Å²) in [7, 11) is 1.90. The maximum Gasteiger partial charge on any atom is 0.166 e. The molecule has 34 heavy (non-hydrogen) atoms. The molecule has 1 unspecified atom stereocenters. The number of hydrogen-bond acceptors (Lipinski definition) is 5. The van der Waals surface area contributed by atoms with Gasteiger partial charge in [-0.25, -0.2) is 9.37 Å². The van der Waals surface area contributed by atoms with Crippen LogP contribution in [0.4, 0.5) is 10.2 Å². The number of nitrogen functional groups attached to an aromatic ring is 1. The number of benzene rings is 1. The minimum Gasteiger partial charge on any atom is -0.482 e. The smallest absolute Gasteiger partial charge is 0.166 e. The van der Waals surface area contributed by atoms with Crippen molar-refractivity contribution >= 4 is 17.4 Å². The van der Waals surface area contributed by atoms with Gasteiger partial charge in [-0.2, -0.15) is 10.2 Å². The molecule has 0 saturated heterocycles. The van der Waals surface area contributed by atoms with E-state index in [1.54, 1.807) is 16.9 Å². The Morgan fingerprint density at radius 3 is 2.88 bits per heavy atom. The summed E-state index contributed by atoms with van der Waals surface area (Å²) in [6, 6.07) is 5.02. The van der Waals surface area contributed by atoms with Crippen LogP contribution in [-0.4, -0.2) is 24.5 Å². The van der Waals surface area contributed by atoms with Gasteiger partial charge >= 0.3 is 0 Å². The average molecular weight is 479 g/mol. The fourth-order valence-corrected chi connectivity index (χ4v) is 5.73. The van der Waals surface area contributed by atoms with Crippen LogP contribution in [0.1, 0.15) is 54.7 Å². The van der Waals surface area contributed by atoms with E-state index in [1.165, 1.54) is 11.6 Å². The van der Waals surface area contributed by atoms with Crippen LogP contribution >= 0.6 is 11.6 Å². The molecule has 4 aromatic rings. The molecule has 0 radical (unpaired) electrons. The normalized spacial score (nSPS) is 18.4. The second kappa shape index (κ2) is 7.56. The van der Waals surface area contributed by atoms with Crippen LogP contribution in [0, 0.1) is 5.82 Å². The number of hydrogen-bond donors (Lipinski definition) is 1. The van der Waals surface area contributed by atoms with E-state index in [-0.39, 0.29) is 16.8 Å². The summed E-state index contributed by atoms with van der Waals surface area (Å²) in [6.07, 6.45) is 5.00. The van der Waals surface area contributed by atoms with Gasteiger partial charge in [0.2, 0.25) is 0 Å². The van der Waals surface area contributed by atoms with Gasteiger partial charge in [0.15, 0.2) is 11.6 Å². The summed E-state index contributed by atoms with van der Waals surface area (Å²) >= 11 is 6.53. The number of pyridine rings is 1. The van der Waals surface area contributed by atoms with Gasteiger partial charge < -0.3 is 10.5 Å². The Hall–Kier alpha value is -3.39. The Morgan fingerprint density at radius 1 is 1.26 bits per heavy atom. The van der Waals surface area contributed by atoms with Crippen LogP contribution < -0.4 is 10.5 Å². The molecule has 1 aromatic carbocycles. The van der Waals surface area contributed by atoms with E-state index < -0.39 is 11.9 Å². The second-order valence-electron chi connectivity index (χ2n) is 8.91. The zero-order valence-electron chi connectivity index (χ0n) is 19.1. The first-order valence-electron chi connectivity index (χ1n) is 11.4. The minimum atomic E-state index is -0.596. The van der Waals surface area contributed by atoms with Gasteiger partial charge in [-0.3, -0.25) is 9.36 Å². The lowest BCUT2D eigenvalue weighted by Crippen LogP contribution is -2.11. The molecular weight excluding hydrogens is 455 g/mol. The topological polar surface area (TPSA) is 83.8 Å². The number of fused-ring (bicyclic) bond motifs is 7. The molecule has 0 amide bonds. The summed E-state index contributed by atoms with van der Waals surface area (Å²) in [6.45, 7) is 4.64. The lowest BCUT2D eigenvalue weighted by molar-refractivity contribution is 0.228. The zero-order valence-corrected chi connectivity index (χ0v) is 19.9. The van der Waals surface area contributed by atoms with E-state index in [4.69, 9.17) is 32.3 Å². The fourth-order valence-electron chi connectivity index (χ4n) is 5.42. The molecule has 3 aromatic heterocycles. The molecular formula is C25H24ClFN6O. The highest BCUT2D eigenvalue weighted by Gasteiger charge is 2.36. The molecule has 1 aliphatic carbocycles. The average Bonchev–Trinajstić information content (AvgIpc) is 3.49. The molecule has 2 aliphatic rings. The molecule has 0 spiro atoms. The molecule has 7 nitrogen and oxygen atoms in total. The van der Waals surface area contributed by atoms with E-state index in [0.717, 1.165) is 53.2 Å². The Bertz CT molecular complexity index is 1460. The van der Waals surface area contributed by atoms with Gasteiger partial charge in [-0.05, 0) is 44.9 Å². The van der Waals surface area contributed by atoms with Crippen molar-refractivity contribution in [3.8, 4) is 28.3 Å². The molecule has 1 aliphatic heterocycles. The third kappa shape index (κ3) is 2.98. The molecule has 2 atom stereocenters. The third-order valence-electron chi connectivity index (χ3n) is 6.87. The zero-order chi connectivity index (χ0) is 23.7. The second-order valence-corrected chi connectivity index (χ2v) is 9.29. The van der Waals surface area contributed by atoms with Crippen molar-refractivity contribution in [2.24, 2.45) is 7.05 Å². The summed E-state index contributed by atoms with van der Waals surface area (Å²) in [5.41, 5.74) is 13.5. The summed E-state index contributed by atoms with van der Waals surface area (Å²) in [5.74, 6) is 0.263. The van der Waals surface area contributed by atoms with Crippen LogP contribution in [0.2, 0.25) is 5.02 Å². The molecule has 174 valence electrons. The number of rotatable bonds is 1. The molecule has 0 saturated carbocycles. The maximum absolute atomic E-state index is 14.6. The summed E-state index contributed by atoms with van der Waals surface area (Å²) in [4.78, 5) is 4.42. The Labute approximate surface area is 201 Å². The first-order chi connectivity index (χ1) is 16.4. The van der Waals surface area contributed by atoms with Crippen molar-refractivity contribution < 1.29 is 9.13 Å². The van der Waals surface area contributed by atoms with Crippen molar-refractivity contribution in [2.45, 2.75) is 45.3 Å². The fraction of sp³-hybridized carbons (Fsp3) is 0.320. The predicted molar refractivity (Wildman–Crippen MR) is 128 cm³/mol. The minimum absolute atomic E-state index is 0.0213. The maximum atomic E-state index is 14.6. The quantitative estimate of drug-likeness (QED) is 0.403. The standard InChI is InChI=1S/C25H24ClFN6O/c1-4-33-24-13-9-19(25(28)29-10-13)34-12(2)20-15(5-7-17(27)22(20)26)23-16(11-32(3)31-23)14-6-8-18(30-33)21(14)24/h5,7,9-12,14H,4,6,8H2,1-3H3,(H2,28,29)/t12-,14?/m1/s1. The number of halogens is 2. The summed E-state index contributed by atoms with van der Waals surface area (Å²) in [5, 5.41) is 9.75. The lowest BCUT2D eigenvalue weighted by atomic mass is 9.88. The number of ether oxygens (including phenoxy) is 1. The number of aromatic nitrogens is 5. The summed E-state index contributed by atoms with van der Waals surface area (Å²) < 4.78 is 24.8. The molecule has 6 rings (SSSR count). The Morgan fingerprint density at radius 2 is 2.09 bits per heavy atom. The van der Waals surface area contributed by atoms with Gasteiger partial charge in [0.05, 0.1) is 22.1 Å². The van der Waals surface area contributed by atoms with Crippen LogP contribution in [-0.2, 0) is 20.0 Å². The van der Waals surface area contributed by atoms with Gasteiger partial charge in [0.1, 0.15) is 11.9 Å². The van der Waals surface area contributed by atoms with E-state index in [2.05, 4.69) is 11.9 Å². The molecule has 2 N–H and O–H groups in total. The SMILES string of the molecule is CCn1nc2c3c1-c1cnc(N)c(c1)O[C@H](C)c1c(ccc(F)c1Cl)-c1nn(C)cc1C3CC2. The Balaban J connectivity index is 1.72. The lowest BCUT2D eigenvalue weighted by Gasteiger charge is -2.23. The van der Waals surface area contributed by atoms with Crippen LogP contribution in [0.25, 0.3) is 22.5 Å². The Kier molecular flexibility index (Phi) is 4.71. The highest BCUT2D eigenvalue weighted by Crippen LogP contribution is 2.48. The predicted octanol–water partition coefficient (Wildman–Crippen LogP) is 5.27. The van der Waals surface area contributed by atoms with Crippen molar-refractivity contribution in [2.75, 3.05) is 5.73 Å². The van der Waals surface area contributed by atoms with Crippen molar-refractivity contribution in [3.63, 3.8) is 0 Å². The third-order valence-corrected chi connectivity index (χ3v) is 7.25. The monoisotopic (exact) mass is 478 g/mol. The van der Waals surface area contributed by atoms with Gasteiger partial charge in [-0.1, -0.05) is 11.6 Å². The number of nitrogens with two attached hydrogens (primary N) is 1. The van der Waals surface area contributed by atoms with Crippen LogP contribution in [0.5, 0.6) is 5.75 Å². The molecule has 2 bridgehead atoms. The van der Waals surface area contributed by atoms with E-state index in [0.29, 0.717) is 11.3 Å². The first kappa shape index (κ1) is 21.2. The van der Waals surface area contributed by atoms with Crippen molar-refractivity contribution in [1.29, 1.82) is 0 Å². The van der Waals surface area contributed by atoms with E-state index in [1.807, 2.05) is 30.9 Å². The number of anilines is 1. The van der Waals surface area contributed by atoms with E-state index >= 15 is 0 Å².